The fourth-order valence-electron chi connectivity index (χ4n) is 2.33. The molecule has 0 bridgehead atoms. The van der Waals surface area contributed by atoms with Crippen LogP contribution in [0.2, 0.25) is 0 Å². The highest BCUT2D eigenvalue weighted by Crippen LogP contribution is 2.28. The first kappa shape index (κ1) is 15.8. The standard InChI is InChI=1S/C14H18N2O4S/c1-9(11-5-6-20-8-11)15-14(17)10-3-4-13(21-2)12(7-10)16(18)19/h3-4,7,9,11H,5-6,8H2,1-2H3,(H,15,17)/t9-,11+/m1/s1. The minimum absolute atomic E-state index is 0.0146. The smallest absolute Gasteiger partial charge is 0.283 e. The van der Waals surface area contributed by atoms with E-state index in [9.17, 15) is 14.9 Å². The van der Waals surface area contributed by atoms with Crippen LogP contribution in [0.15, 0.2) is 23.1 Å². The summed E-state index contributed by atoms with van der Waals surface area (Å²) in [5.41, 5.74) is 0.275. The molecule has 0 unspecified atom stereocenters. The van der Waals surface area contributed by atoms with Crippen molar-refractivity contribution in [2.24, 2.45) is 5.92 Å². The molecule has 1 N–H and O–H groups in total. The molecule has 0 radical (unpaired) electrons. The van der Waals surface area contributed by atoms with E-state index in [1.165, 1.54) is 17.8 Å². The number of benzene rings is 1. The number of nitrogens with zero attached hydrogens (tertiary/aromatic N) is 1. The molecule has 0 spiro atoms. The van der Waals surface area contributed by atoms with E-state index in [1.54, 1.807) is 18.4 Å². The van der Waals surface area contributed by atoms with Crippen LogP contribution in [-0.4, -0.2) is 36.3 Å². The molecule has 21 heavy (non-hydrogen) atoms. The van der Waals surface area contributed by atoms with Gasteiger partial charge in [0.05, 0.1) is 16.4 Å². The van der Waals surface area contributed by atoms with Gasteiger partial charge >= 0.3 is 0 Å². The molecule has 1 amide bonds. The summed E-state index contributed by atoms with van der Waals surface area (Å²) < 4.78 is 5.30. The molecule has 1 aromatic rings. The molecule has 114 valence electrons. The highest BCUT2D eigenvalue weighted by Gasteiger charge is 2.24. The van der Waals surface area contributed by atoms with Crippen LogP contribution in [0.25, 0.3) is 0 Å². The quantitative estimate of drug-likeness (QED) is 0.513. The van der Waals surface area contributed by atoms with Crippen molar-refractivity contribution in [1.29, 1.82) is 0 Å². The Kier molecular flexibility index (Phi) is 5.19. The Morgan fingerprint density at radius 1 is 1.57 bits per heavy atom. The minimum Gasteiger partial charge on any atom is -0.381 e. The van der Waals surface area contributed by atoms with E-state index in [1.807, 2.05) is 6.92 Å². The van der Waals surface area contributed by atoms with Gasteiger partial charge in [-0.05, 0) is 31.7 Å². The summed E-state index contributed by atoms with van der Waals surface area (Å²) in [6.07, 6.45) is 2.69. The number of rotatable bonds is 5. The predicted octanol–water partition coefficient (Wildman–Crippen LogP) is 2.47. The number of nitro groups is 1. The van der Waals surface area contributed by atoms with E-state index >= 15 is 0 Å². The maximum absolute atomic E-state index is 12.2. The Morgan fingerprint density at radius 2 is 2.33 bits per heavy atom. The number of hydrogen-bond acceptors (Lipinski definition) is 5. The summed E-state index contributed by atoms with van der Waals surface area (Å²) in [6.45, 7) is 3.30. The first-order valence-corrected chi connectivity index (χ1v) is 7.96. The van der Waals surface area contributed by atoms with Crippen LogP contribution in [0.3, 0.4) is 0 Å². The molecule has 6 nitrogen and oxygen atoms in total. The highest BCUT2D eigenvalue weighted by atomic mass is 32.2. The van der Waals surface area contributed by atoms with Crippen LogP contribution < -0.4 is 5.32 Å². The molecule has 1 saturated heterocycles. The summed E-state index contributed by atoms with van der Waals surface area (Å²) in [5, 5.41) is 13.9. The molecule has 7 heteroatoms. The van der Waals surface area contributed by atoms with Crippen LogP contribution in [-0.2, 0) is 4.74 Å². The molecule has 1 aromatic carbocycles. The molecule has 1 fully saturated rings. The van der Waals surface area contributed by atoms with E-state index in [2.05, 4.69) is 5.32 Å². The van der Waals surface area contributed by atoms with Crippen molar-refractivity contribution in [3.63, 3.8) is 0 Å². The lowest BCUT2D eigenvalue weighted by Gasteiger charge is -2.19. The molecule has 2 atom stereocenters. The molecule has 1 aliphatic rings. The summed E-state index contributed by atoms with van der Waals surface area (Å²) >= 11 is 1.29. The predicted molar refractivity (Wildman–Crippen MR) is 80.7 cm³/mol. The van der Waals surface area contributed by atoms with Gasteiger partial charge in [-0.25, -0.2) is 0 Å². The summed E-state index contributed by atoms with van der Waals surface area (Å²) in [5.74, 6) is 0.0135. The third-order valence-corrected chi connectivity index (χ3v) is 4.45. The van der Waals surface area contributed by atoms with Gasteiger partial charge in [0.1, 0.15) is 0 Å². The number of ether oxygens (including phenoxy) is 1. The zero-order valence-corrected chi connectivity index (χ0v) is 12.8. The van der Waals surface area contributed by atoms with Gasteiger partial charge in [-0.2, -0.15) is 0 Å². The number of hydrogen-bond donors (Lipinski definition) is 1. The van der Waals surface area contributed by atoms with E-state index in [-0.39, 0.29) is 17.6 Å². The van der Waals surface area contributed by atoms with Crippen LogP contribution in [0.1, 0.15) is 23.7 Å². The van der Waals surface area contributed by atoms with Crippen molar-refractivity contribution in [2.45, 2.75) is 24.3 Å². The van der Waals surface area contributed by atoms with Crippen molar-refractivity contribution in [3.8, 4) is 0 Å². The molecular formula is C14H18N2O4S. The third kappa shape index (κ3) is 3.74. The second-order valence-electron chi connectivity index (χ2n) is 5.03. The zero-order chi connectivity index (χ0) is 15.4. The average Bonchev–Trinajstić information content (AvgIpc) is 3.00. The van der Waals surface area contributed by atoms with E-state index < -0.39 is 4.92 Å². The normalized spacial score (nSPS) is 19.2. The first-order chi connectivity index (χ1) is 10.0. The summed E-state index contributed by atoms with van der Waals surface area (Å²) in [7, 11) is 0. The topological polar surface area (TPSA) is 81.5 Å². The van der Waals surface area contributed by atoms with Gasteiger partial charge in [0.15, 0.2) is 0 Å². The minimum atomic E-state index is -0.461. The molecule has 2 rings (SSSR count). The Bertz CT molecular complexity index is 544. The Balaban J connectivity index is 2.11. The molecule has 0 saturated carbocycles. The largest absolute Gasteiger partial charge is 0.381 e. The number of carbonyl (C=O) groups is 1. The van der Waals surface area contributed by atoms with Crippen LogP contribution in [0.4, 0.5) is 5.69 Å². The van der Waals surface area contributed by atoms with Crippen LogP contribution >= 0.6 is 11.8 Å². The molecule has 0 aliphatic carbocycles. The SMILES string of the molecule is CSc1ccc(C(=O)N[C@H](C)[C@H]2CCOC2)cc1[N+](=O)[O-]. The molecule has 1 aliphatic heterocycles. The van der Waals surface area contributed by atoms with E-state index in [0.717, 1.165) is 13.0 Å². The van der Waals surface area contributed by atoms with Gasteiger partial charge in [-0.3, -0.25) is 14.9 Å². The summed E-state index contributed by atoms with van der Waals surface area (Å²) in [6, 6.07) is 4.55. The Hall–Kier alpha value is -1.60. The molecule has 0 aromatic heterocycles. The Morgan fingerprint density at radius 3 is 2.90 bits per heavy atom. The van der Waals surface area contributed by atoms with Crippen molar-refractivity contribution >= 4 is 23.4 Å². The second-order valence-corrected chi connectivity index (χ2v) is 5.88. The van der Waals surface area contributed by atoms with Crippen LogP contribution in [0.5, 0.6) is 0 Å². The maximum Gasteiger partial charge on any atom is 0.283 e. The molecular weight excluding hydrogens is 292 g/mol. The third-order valence-electron chi connectivity index (χ3n) is 3.67. The maximum atomic E-state index is 12.2. The Labute approximate surface area is 127 Å². The zero-order valence-electron chi connectivity index (χ0n) is 12.0. The molecule has 1 heterocycles. The van der Waals surface area contributed by atoms with Crippen molar-refractivity contribution in [1.82, 2.24) is 5.32 Å². The van der Waals surface area contributed by atoms with Crippen molar-refractivity contribution < 1.29 is 14.5 Å². The summed E-state index contributed by atoms with van der Waals surface area (Å²) in [4.78, 5) is 23.3. The van der Waals surface area contributed by atoms with Crippen molar-refractivity contribution in [3.05, 3.63) is 33.9 Å². The number of carbonyl (C=O) groups excluding carboxylic acids is 1. The lowest BCUT2D eigenvalue weighted by atomic mass is 10.0. The number of nitrogens with one attached hydrogen (secondary N) is 1. The van der Waals surface area contributed by atoms with Crippen molar-refractivity contribution in [2.75, 3.05) is 19.5 Å². The monoisotopic (exact) mass is 310 g/mol. The first-order valence-electron chi connectivity index (χ1n) is 6.74. The number of nitro benzene ring substituents is 1. The van der Waals surface area contributed by atoms with Gasteiger partial charge in [-0.15, -0.1) is 11.8 Å². The lowest BCUT2D eigenvalue weighted by Crippen LogP contribution is -2.38. The lowest BCUT2D eigenvalue weighted by molar-refractivity contribution is -0.387. The fraction of sp³-hybridized carbons (Fsp3) is 0.500. The van der Waals surface area contributed by atoms with Gasteiger partial charge in [0.25, 0.3) is 11.6 Å². The van der Waals surface area contributed by atoms with Gasteiger partial charge < -0.3 is 10.1 Å². The van der Waals surface area contributed by atoms with Gasteiger partial charge in [0.2, 0.25) is 0 Å². The average molecular weight is 310 g/mol. The highest BCUT2D eigenvalue weighted by molar-refractivity contribution is 7.98. The second kappa shape index (κ2) is 6.91. The van der Waals surface area contributed by atoms with E-state index in [0.29, 0.717) is 23.0 Å². The fourth-order valence-corrected chi connectivity index (χ4v) is 2.88. The van der Waals surface area contributed by atoms with E-state index in [4.69, 9.17) is 4.74 Å². The van der Waals surface area contributed by atoms with Crippen LogP contribution in [0, 0.1) is 16.0 Å². The number of amides is 1. The van der Waals surface area contributed by atoms with Gasteiger partial charge in [0, 0.05) is 30.2 Å². The van der Waals surface area contributed by atoms with Gasteiger partial charge in [-0.1, -0.05) is 0 Å². The number of thioether (sulfide) groups is 1.